The van der Waals surface area contributed by atoms with E-state index >= 15 is 0 Å². The van der Waals surface area contributed by atoms with Gasteiger partial charge < -0.3 is 4.90 Å². The van der Waals surface area contributed by atoms with Crippen LogP contribution in [0.5, 0.6) is 0 Å². The topological polar surface area (TPSA) is 97.8 Å². The molecule has 0 aliphatic carbocycles. The minimum atomic E-state index is 0.365. The van der Waals surface area contributed by atoms with Gasteiger partial charge in [-0.05, 0) is 26.2 Å². The first-order valence-corrected chi connectivity index (χ1v) is 6.76. The second-order valence-corrected chi connectivity index (χ2v) is 4.80. The second kappa shape index (κ2) is 5.41. The van der Waals surface area contributed by atoms with E-state index in [1.165, 1.54) is 6.42 Å². The summed E-state index contributed by atoms with van der Waals surface area (Å²) in [5.41, 5.74) is 2.51. The number of hydrogen-bond acceptors (Lipinski definition) is 7. The van der Waals surface area contributed by atoms with Crippen LogP contribution < -0.4 is 16.2 Å². The van der Waals surface area contributed by atoms with E-state index in [9.17, 15) is 0 Å². The third kappa shape index (κ3) is 2.42. The summed E-state index contributed by atoms with van der Waals surface area (Å²) in [4.78, 5) is 19.5. The number of hydrogen-bond donors (Lipinski definition) is 2. The van der Waals surface area contributed by atoms with Crippen molar-refractivity contribution in [3.8, 4) is 5.95 Å². The molecule has 0 atom stereocenters. The third-order valence-electron chi connectivity index (χ3n) is 3.42. The maximum atomic E-state index is 5.46. The van der Waals surface area contributed by atoms with E-state index in [0.29, 0.717) is 17.8 Å². The molecule has 3 N–H and O–H groups in total. The van der Waals surface area contributed by atoms with Crippen LogP contribution in [-0.2, 0) is 0 Å². The van der Waals surface area contributed by atoms with Gasteiger partial charge in [0, 0.05) is 25.5 Å². The smallest absolute Gasteiger partial charge is 0.243 e. The number of rotatable bonds is 3. The quantitative estimate of drug-likeness (QED) is 0.626. The molecule has 2 aromatic rings. The Hall–Kier alpha value is -2.22. The zero-order valence-electron chi connectivity index (χ0n) is 11.5. The zero-order valence-corrected chi connectivity index (χ0v) is 11.5. The normalized spacial score (nSPS) is 15.4. The average Bonchev–Trinajstić information content (AvgIpc) is 2.94. The van der Waals surface area contributed by atoms with Gasteiger partial charge in [-0.25, -0.2) is 10.8 Å². The standard InChI is InChI=1S/C12H18N8/c1-9-14-5-8-20(9)12-16-10(18-13)15-11(17-12)19-6-3-2-4-7-19/h5,8H,2-4,6-7,13H2,1H3,(H,15,16,17,18). The molecule has 3 heterocycles. The fraction of sp³-hybridized carbons (Fsp3) is 0.500. The van der Waals surface area contributed by atoms with Crippen LogP contribution >= 0.6 is 0 Å². The van der Waals surface area contributed by atoms with E-state index in [2.05, 4.69) is 30.3 Å². The first kappa shape index (κ1) is 12.8. The van der Waals surface area contributed by atoms with Gasteiger partial charge >= 0.3 is 0 Å². The third-order valence-corrected chi connectivity index (χ3v) is 3.42. The molecule has 0 saturated carbocycles. The van der Waals surface area contributed by atoms with E-state index in [0.717, 1.165) is 31.8 Å². The molecule has 1 saturated heterocycles. The molecule has 1 aliphatic heterocycles. The summed E-state index contributed by atoms with van der Waals surface area (Å²) >= 11 is 0. The minimum Gasteiger partial charge on any atom is -0.341 e. The molecule has 3 rings (SSSR count). The van der Waals surface area contributed by atoms with Gasteiger partial charge in [-0.1, -0.05) is 0 Å². The summed E-state index contributed by atoms with van der Waals surface area (Å²) in [6.45, 7) is 3.84. The van der Waals surface area contributed by atoms with Crippen molar-refractivity contribution in [2.75, 3.05) is 23.4 Å². The predicted molar refractivity (Wildman–Crippen MR) is 75.6 cm³/mol. The molecule has 106 valence electrons. The average molecular weight is 274 g/mol. The predicted octanol–water partition coefficient (Wildman–Crippen LogP) is 0.642. The molecule has 0 spiro atoms. The molecular weight excluding hydrogens is 256 g/mol. The monoisotopic (exact) mass is 274 g/mol. The van der Waals surface area contributed by atoms with Crippen LogP contribution in [0.3, 0.4) is 0 Å². The highest BCUT2D eigenvalue weighted by Crippen LogP contribution is 2.18. The fourth-order valence-corrected chi connectivity index (χ4v) is 2.35. The lowest BCUT2D eigenvalue weighted by Crippen LogP contribution is -2.32. The Morgan fingerprint density at radius 1 is 1.10 bits per heavy atom. The van der Waals surface area contributed by atoms with Crippen molar-refractivity contribution in [2.24, 2.45) is 5.84 Å². The maximum absolute atomic E-state index is 5.46. The van der Waals surface area contributed by atoms with Gasteiger partial charge in [0.2, 0.25) is 17.8 Å². The number of piperidine rings is 1. The molecule has 0 radical (unpaired) electrons. The van der Waals surface area contributed by atoms with E-state index < -0.39 is 0 Å². The van der Waals surface area contributed by atoms with Gasteiger partial charge in [0.25, 0.3) is 0 Å². The Labute approximate surface area is 117 Å². The lowest BCUT2D eigenvalue weighted by Gasteiger charge is -2.26. The number of aromatic nitrogens is 5. The molecule has 1 fully saturated rings. The summed E-state index contributed by atoms with van der Waals surface area (Å²) in [6.07, 6.45) is 7.13. The summed E-state index contributed by atoms with van der Waals surface area (Å²) in [6, 6.07) is 0. The van der Waals surface area contributed by atoms with Crippen LogP contribution in [0.4, 0.5) is 11.9 Å². The first-order valence-electron chi connectivity index (χ1n) is 6.76. The Balaban J connectivity index is 2.00. The van der Waals surface area contributed by atoms with E-state index in [1.54, 1.807) is 6.20 Å². The molecule has 0 unspecified atom stereocenters. The number of anilines is 2. The maximum Gasteiger partial charge on any atom is 0.243 e. The number of imidazole rings is 1. The number of hydrazine groups is 1. The van der Waals surface area contributed by atoms with Gasteiger partial charge in [-0.2, -0.15) is 15.0 Å². The van der Waals surface area contributed by atoms with E-state index in [1.807, 2.05) is 17.7 Å². The van der Waals surface area contributed by atoms with E-state index in [4.69, 9.17) is 5.84 Å². The van der Waals surface area contributed by atoms with Gasteiger partial charge in [-0.15, -0.1) is 0 Å². The van der Waals surface area contributed by atoms with Gasteiger partial charge in [0.1, 0.15) is 5.82 Å². The number of nitrogens with two attached hydrogens (primary N) is 1. The number of nitrogens with zero attached hydrogens (tertiary/aromatic N) is 6. The van der Waals surface area contributed by atoms with Crippen LogP contribution in [0.25, 0.3) is 5.95 Å². The minimum absolute atomic E-state index is 0.365. The molecular formula is C12H18N8. The van der Waals surface area contributed by atoms with Crippen molar-refractivity contribution in [2.45, 2.75) is 26.2 Å². The Kier molecular flexibility index (Phi) is 3.46. The SMILES string of the molecule is Cc1nccn1-c1nc(NN)nc(N2CCCCC2)n1. The highest BCUT2D eigenvalue weighted by Gasteiger charge is 2.17. The highest BCUT2D eigenvalue weighted by molar-refractivity contribution is 5.40. The molecule has 1 aliphatic rings. The van der Waals surface area contributed by atoms with Crippen molar-refractivity contribution < 1.29 is 0 Å². The molecule has 0 bridgehead atoms. The fourth-order valence-electron chi connectivity index (χ4n) is 2.35. The molecule has 20 heavy (non-hydrogen) atoms. The molecule has 8 nitrogen and oxygen atoms in total. The van der Waals surface area contributed by atoms with Crippen LogP contribution in [-0.4, -0.2) is 37.6 Å². The summed E-state index contributed by atoms with van der Waals surface area (Å²) in [7, 11) is 0. The highest BCUT2D eigenvalue weighted by atomic mass is 15.4. The molecule has 0 amide bonds. The first-order chi connectivity index (χ1) is 9.78. The largest absolute Gasteiger partial charge is 0.341 e. The molecule has 2 aromatic heterocycles. The van der Waals surface area contributed by atoms with Gasteiger partial charge in [0.15, 0.2) is 0 Å². The summed E-state index contributed by atoms with van der Waals surface area (Å²) < 4.78 is 1.82. The van der Waals surface area contributed by atoms with Crippen molar-refractivity contribution in [1.82, 2.24) is 24.5 Å². The zero-order chi connectivity index (χ0) is 13.9. The number of nitrogens with one attached hydrogen (secondary N) is 1. The van der Waals surface area contributed by atoms with Crippen molar-refractivity contribution >= 4 is 11.9 Å². The Morgan fingerprint density at radius 3 is 2.50 bits per heavy atom. The van der Waals surface area contributed by atoms with Gasteiger partial charge in [0.05, 0.1) is 0 Å². The lowest BCUT2D eigenvalue weighted by molar-refractivity contribution is 0.566. The van der Waals surface area contributed by atoms with Crippen LogP contribution in [0.15, 0.2) is 12.4 Å². The molecule has 0 aromatic carbocycles. The second-order valence-electron chi connectivity index (χ2n) is 4.80. The summed E-state index contributed by atoms with van der Waals surface area (Å²) in [5.74, 6) is 7.84. The van der Waals surface area contributed by atoms with Crippen molar-refractivity contribution in [3.63, 3.8) is 0 Å². The number of nitrogen functional groups attached to an aromatic ring is 1. The summed E-state index contributed by atoms with van der Waals surface area (Å²) in [5, 5.41) is 0. The van der Waals surface area contributed by atoms with E-state index in [-0.39, 0.29) is 0 Å². The molecule has 8 heteroatoms. The van der Waals surface area contributed by atoms with Crippen LogP contribution in [0.1, 0.15) is 25.1 Å². The number of aryl methyl sites for hydroxylation is 1. The Bertz CT molecular complexity index is 587. The van der Waals surface area contributed by atoms with Crippen LogP contribution in [0.2, 0.25) is 0 Å². The van der Waals surface area contributed by atoms with Gasteiger partial charge in [-0.3, -0.25) is 9.99 Å². The van der Waals surface area contributed by atoms with Crippen LogP contribution in [0, 0.1) is 6.92 Å². The van der Waals surface area contributed by atoms with Crippen molar-refractivity contribution in [3.05, 3.63) is 18.2 Å². The Morgan fingerprint density at radius 2 is 1.85 bits per heavy atom. The lowest BCUT2D eigenvalue weighted by atomic mass is 10.1. The van der Waals surface area contributed by atoms with Crippen molar-refractivity contribution in [1.29, 1.82) is 0 Å².